The first-order valence-electron chi connectivity index (χ1n) is 6.14. The fourth-order valence-electron chi connectivity index (χ4n) is 2.37. The summed E-state index contributed by atoms with van der Waals surface area (Å²) >= 11 is 0. The predicted octanol–water partition coefficient (Wildman–Crippen LogP) is 2.33. The van der Waals surface area contributed by atoms with Crippen LogP contribution in [-0.2, 0) is 11.2 Å². The number of carbonyl (C=O) groups is 1. The Morgan fingerprint density at radius 3 is 2.45 bits per heavy atom. The molecule has 0 saturated carbocycles. The summed E-state index contributed by atoms with van der Waals surface area (Å²) in [7, 11) is 0. The van der Waals surface area contributed by atoms with Crippen molar-refractivity contribution in [2.24, 2.45) is 0 Å². The number of nitrogens with one attached hydrogen (secondary N) is 1. The van der Waals surface area contributed by atoms with E-state index in [0.29, 0.717) is 18.5 Å². The molecule has 0 spiro atoms. The van der Waals surface area contributed by atoms with Crippen LogP contribution in [0, 0.1) is 0 Å². The lowest BCUT2D eigenvalue weighted by Crippen LogP contribution is -2.49. The number of benzene rings is 1. The number of carboxylic acid groups (broad SMARTS) is 1. The Kier molecular flexibility index (Phi) is 3.89. The first-order chi connectivity index (χ1) is 9.31. The Morgan fingerprint density at radius 1 is 1.35 bits per heavy atom. The van der Waals surface area contributed by atoms with Crippen molar-refractivity contribution < 1.29 is 27.8 Å². The SMILES string of the molecule is O=C(O)C1(Cc2ccc(OC(F)(F)F)cc2)CCCN1. The number of ether oxygens (including phenoxy) is 1. The fraction of sp³-hybridized carbons (Fsp3) is 0.462. The van der Waals surface area contributed by atoms with Crippen molar-refractivity contribution in [3.8, 4) is 5.75 Å². The number of halogens is 3. The van der Waals surface area contributed by atoms with E-state index in [1.54, 1.807) is 0 Å². The van der Waals surface area contributed by atoms with E-state index in [4.69, 9.17) is 0 Å². The number of aliphatic carboxylic acids is 1. The van der Waals surface area contributed by atoms with Gasteiger partial charge >= 0.3 is 12.3 Å². The van der Waals surface area contributed by atoms with Crippen LogP contribution in [0.3, 0.4) is 0 Å². The maximum atomic E-state index is 12.0. The van der Waals surface area contributed by atoms with Crippen LogP contribution < -0.4 is 10.1 Å². The summed E-state index contributed by atoms with van der Waals surface area (Å²) in [6.45, 7) is 0.627. The third-order valence-electron chi connectivity index (χ3n) is 3.32. The maximum Gasteiger partial charge on any atom is 0.573 e. The molecule has 1 unspecified atom stereocenters. The van der Waals surface area contributed by atoms with Crippen molar-refractivity contribution >= 4 is 5.97 Å². The van der Waals surface area contributed by atoms with E-state index in [1.165, 1.54) is 24.3 Å². The van der Waals surface area contributed by atoms with E-state index in [1.807, 2.05) is 0 Å². The van der Waals surface area contributed by atoms with Crippen LogP contribution in [0.1, 0.15) is 18.4 Å². The van der Waals surface area contributed by atoms with Gasteiger partial charge < -0.3 is 15.2 Å². The van der Waals surface area contributed by atoms with Crippen LogP contribution in [0.15, 0.2) is 24.3 Å². The van der Waals surface area contributed by atoms with E-state index in [2.05, 4.69) is 10.1 Å². The quantitative estimate of drug-likeness (QED) is 0.893. The molecule has 4 nitrogen and oxygen atoms in total. The summed E-state index contributed by atoms with van der Waals surface area (Å²) in [5.74, 6) is -1.25. The average molecular weight is 289 g/mol. The molecule has 1 aliphatic rings. The minimum atomic E-state index is -4.73. The van der Waals surface area contributed by atoms with E-state index >= 15 is 0 Å². The molecule has 0 aromatic heterocycles. The lowest BCUT2D eigenvalue weighted by Gasteiger charge is -2.24. The van der Waals surface area contributed by atoms with Crippen LogP contribution >= 0.6 is 0 Å². The van der Waals surface area contributed by atoms with Crippen molar-refractivity contribution in [2.45, 2.75) is 31.2 Å². The topological polar surface area (TPSA) is 58.6 Å². The zero-order chi connectivity index (χ0) is 14.8. The van der Waals surface area contributed by atoms with E-state index < -0.39 is 17.9 Å². The summed E-state index contributed by atoms with van der Waals surface area (Å²) in [6, 6.07) is 5.28. The van der Waals surface area contributed by atoms with Gasteiger partial charge in [0.15, 0.2) is 0 Å². The molecule has 0 amide bonds. The summed E-state index contributed by atoms with van der Waals surface area (Å²) in [4.78, 5) is 11.3. The molecule has 1 heterocycles. The molecule has 0 bridgehead atoms. The molecule has 1 atom stereocenters. The highest BCUT2D eigenvalue weighted by Gasteiger charge is 2.41. The van der Waals surface area contributed by atoms with Gasteiger partial charge in [-0.25, -0.2) is 0 Å². The molecule has 2 N–H and O–H groups in total. The molecule has 110 valence electrons. The lowest BCUT2D eigenvalue weighted by molar-refractivity contribution is -0.274. The highest BCUT2D eigenvalue weighted by Crippen LogP contribution is 2.27. The Bertz CT molecular complexity index is 479. The molecule has 0 radical (unpaired) electrons. The van der Waals surface area contributed by atoms with E-state index in [0.717, 1.165) is 6.42 Å². The van der Waals surface area contributed by atoms with E-state index in [9.17, 15) is 23.1 Å². The first-order valence-corrected chi connectivity index (χ1v) is 6.14. The monoisotopic (exact) mass is 289 g/mol. The maximum absolute atomic E-state index is 12.0. The van der Waals surface area contributed by atoms with Gasteiger partial charge in [-0.15, -0.1) is 13.2 Å². The first kappa shape index (κ1) is 14.6. The minimum Gasteiger partial charge on any atom is -0.480 e. The van der Waals surface area contributed by atoms with Gasteiger partial charge in [-0.2, -0.15) is 0 Å². The van der Waals surface area contributed by atoms with Gasteiger partial charge in [0.25, 0.3) is 0 Å². The zero-order valence-corrected chi connectivity index (χ0v) is 10.5. The molecule has 2 rings (SSSR count). The Hall–Kier alpha value is -1.76. The van der Waals surface area contributed by atoms with Gasteiger partial charge in [0.2, 0.25) is 0 Å². The molecule has 1 aromatic carbocycles. The van der Waals surface area contributed by atoms with Gasteiger partial charge in [0.05, 0.1) is 0 Å². The number of alkyl halides is 3. The predicted molar refractivity (Wildman–Crippen MR) is 64.4 cm³/mol. The van der Waals surface area contributed by atoms with Crippen molar-refractivity contribution in [1.29, 1.82) is 0 Å². The second-order valence-corrected chi connectivity index (χ2v) is 4.79. The number of hydrogen-bond donors (Lipinski definition) is 2. The summed E-state index contributed by atoms with van der Waals surface area (Å²) in [5.41, 5.74) is -0.372. The van der Waals surface area contributed by atoms with Gasteiger partial charge in [-0.05, 0) is 37.1 Å². The fourth-order valence-corrected chi connectivity index (χ4v) is 2.37. The molecule has 7 heteroatoms. The molecule has 0 aliphatic carbocycles. The third-order valence-corrected chi connectivity index (χ3v) is 3.32. The van der Waals surface area contributed by atoms with Crippen molar-refractivity contribution in [3.63, 3.8) is 0 Å². The molecule has 1 fully saturated rings. The van der Waals surface area contributed by atoms with Crippen LogP contribution in [-0.4, -0.2) is 29.5 Å². The van der Waals surface area contributed by atoms with E-state index in [-0.39, 0.29) is 12.2 Å². The van der Waals surface area contributed by atoms with Gasteiger partial charge in [0, 0.05) is 6.42 Å². The summed E-state index contributed by atoms with van der Waals surface area (Å²) < 4.78 is 39.8. The largest absolute Gasteiger partial charge is 0.573 e. The molecule has 20 heavy (non-hydrogen) atoms. The molecule has 1 aromatic rings. The number of rotatable bonds is 4. The van der Waals surface area contributed by atoms with Crippen molar-refractivity contribution in [1.82, 2.24) is 5.32 Å². The second-order valence-electron chi connectivity index (χ2n) is 4.79. The normalized spacial score (nSPS) is 22.8. The summed E-state index contributed by atoms with van der Waals surface area (Å²) in [5, 5.41) is 12.3. The lowest BCUT2D eigenvalue weighted by atomic mass is 9.89. The number of carboxylic acids is 1. The van der Waals surface area contributed by atoms with Crippen molar-refractivity contribution in [3.05, 3.63) is 29.8 Å². The second kappa shape index (κ2) is 5.32. The van der Waals surface area contributed by atoms with Crippen LogP contribution in [0.2, 0.25) is 0 Å². The Balaban J connectivity index is 2.08. The highest BCUT2D eigenvalue weighted by atomic mass is 19.4. The number of hydrogen-bond acceptors (Lipinski definition) is 3. The Labute approximate surface area is 113 Å². The van der Waals surface area contributed by atoms with Crippen molar-refractivity contribution in [2.75, 3.05) is 6.54 Å². The standard InChI is InChI=1S/C13H14F3NO3/c14-13(15,16)20-10-4-2-9(3-5-10)8-12(11(18)19)6-1-7-17-12/h2-5,17H,1,6-8H2,(H,18,19). The van der Waals surface area contributed by atoms with Gasteiger partial charge in [-0.1, -0.05) is 12.1 Å². The molecular weight excluding hydrogens is 275 g/mol. The molecule has 1 saturated heterocycles. The van der Waals surface area contributed by atoms with Gasteiger partial charge in [-0.3, -0.25) is 4.79 Å². The minimum absolute atomic E-state index is 0.231. The summed E-state index contributed by atoms with van der Waals surface area (Å²) in [6.07, 6.45) is -3.23. The molecule has 1 aliphatic heterocycles. The Morgan fingerprint density at radius 2 is 2.00 bits per heavy atom. The smallest absolute Gasteiger partial charge is 0.480 e. The zero-order valence-electron chi connectivity index (χ0n) is 10.5. The highest BCUT2D eigenvalue weighted by molar-refractivity contribution is 5.79. The molecular formula is C13H14F3NO3. The van der Waals surface area contributed by atoms with Crippen LogP contribution in [0.4, 0.5) is 13.2 Å². The van der Waals surface area contributed by atoms with Crippen LogP contribution in [0.25, 0.3) is 0 Å². The average Bonchev–Trinajstić information content (AvgIpc) is 2.80. The third kappa shape index (κ3) is 3.41. The van der Waals surface area contributed by atoms with Crippen LogP contribution in [0.5, 0.6) is 5.75 Å². The van der Waals surface area contributed by atoms with Gasteiger partial charge in [0.1, 0.15) is 11.3 Å².